The van der Waals surface area contributed by atoms with Crippen LogP contribution in [0.4, 0.5) is 0 Å². The maximum absolute atomic E-state index is 12.1. The van der Waals surface area contributed by atoms with E-state index in [0.29, 0.717) is 19.0 Å². The first-order chi connectivity index (χ1) is 7.52. The van der Waals surface area contributed by atoms with Crippen LogP contribution in [0.3, 0.4) is 0 Å². The van der Waals surface area contributed by atoms with Gasteiger partial charge in [-0.2, -0.15) is 0 Å². The SMILES string of the molecule is CNCC1CCN(S(=O)(=O)C(C)COC)C1.Cl. The Labute approximate surface area is 110 Å². The molecule has 0 aromatic carbocycles. The molecule has 1 fully saturated rings. The molecule has 0 saturated carbocycles. The van der Waals surface area contributed by atoms with Gasteiger partial charge in [0.1, 0.15) is 0 Å². The predicted octanol–water partition coefficient (Wildman–Crippen LogP) is 0.314. The average molecular weight is 287 g/mol. The van der Waals surface area contributed by atoms with Gasteiger partial charge in [0, 0.05) is 20.2 Å². The average Bonchev–Trinajstić information content (AvgIpc) is 2.68. The van der Waals surface area contributed by atoms with Gasteiger partial charge in [-0.25, -0.2) is 12.7 Å². The highest BCUT2D eigenvalue weighted by Crippen LogP contribution is 2.21. The summed E-state index contributed by atoms with van der Waals surface area (Å²) in [5.41, 5.74) is 0. The van der Waals surface area contributed by atoms with E-state index in [2.05, 4.69) is 5.32 Å². The van der Waals surface area contributed by atoms with Crippen LogP contribution >= 0.6 is 12.4 Å². The van der Waals surface area contributed by atoms with Crippen molar-refractivity contribution in [2.24, 2.45) is 5.92 Å². The molecule has 1 rings (SSSR count). The molecule has 0 amide bonds. The summed E-state index contributed by atoms with van der Waals surface area (Å²) in [6.07, 6.45) is 0.944. The van der Waals surface area contributed by atoms with Crippen molar-refractivity contribution in [3.63, 3.8) is 0 Å². The standard InChI is InChI=1S/C10H22N2O3S.ClH/c1-9(8-15-3)16(13,14)12-5-4-10(7-12)6-11-2;/h9-11H,4-8H2,1-3H3;1H. The quantitative estimate of drug-likeness (QED) is 0.764. The maximum atomic E-state index is 12.1. The van der Waals surface area contributed by atoms with E-state index in [0.717, 1.165) is 13.0 Å². The topological polar surface area (TPSA) is 58.6 Å². The molecule has 1 aliphatic heterocycles. The normalized spacial score (nSPS) is 23.4. The number of hydrogen-bond donors (Lipinski definition) is 1. The van der Waals surface area contributed by atoms with Crippen molar-refractivity contribution in [3.05, 3.63) is 0 Å². The van der Waals surface area contributed by atoms with E-state index in [9.17, 15) is 8.42 Å². The largest absolute Gasteiger partial charge is 0.383 e. The summed E-state index contributed by atoms with van der Waals surface area (Å²) in [7, 11) is 0.250. The summed E-state index contributed by atoms with van der Waals surface area (Å²) in [6.45, 7) is 4.12. The Balaban J connectivity index is 0.00000256. The van der Waals surface area contributed by atoms with Gasteiger partial charge in [0.2, 0.25) is 10.0 Å². The Morgan fingerprint density at radius 1 is 1.53 bits per heavy atom. The molecular weight excluding hydrogens is 264 g/mol. The lowest BCUT2D eigenvalue weighted by Gasteiger charge is -2.21. The first-order valence-electron chi connectivity index (χ1n) is 5.64. The zero-order chi connectivity index (χ0) is 12.2. The van der Waals surface area contributed by atoms with Crippen molar-refractivity contribution in [2.45, 2.75) is 18.6 Å². The third-order valence-corrected chi connectivity index (χ3v) is 5.22. The number of ether oxygens (including phenoxy) is 1. The maximum Gasteiger partial charge on any atom is 0.218 e. The molecule has 17 heavy (non-hydrogen) atoms. The first kappa shape index (κ1) is 17.1. The fraction of sp³-hybridized carbons (Fsp3) is 1.00. The number of hydrogen-bond acceptors (Lipinski definition) is 4. The van der Waals surface area contributed by atoms with Crippen LogP contribution in [-0.2, 0) is 14.8 Å². The molecule has 104 valence electrons. The van der Waals surface area contributed by atoms with E-state index in [4.69, 9.17) is 4.74 Å². The molecule has 0 aliphatic carbocycles. The molecule has 0 aromatic rings. The Bertz CT molecular complexity index is 311. The molecule has 1 aliphatic rings. The van der Waals surface area contributed by atoms with E-state index in [1.54, 1.807) is 11.2 Å². The van der Waals surface area contributed by atoms with Crippen LogP contribution in [0.5, 0.6) is 0 Å². The molecule has 1 saturated heterocycles. The third-order valence-electron chi connectivity index (χ3n) is 3.01. The zero-order valence-corrected chi connectivity index (χ0v) is 12.3. The molecule has 7 heteroatoms. The van der Waals surface area contributed by atoms with Gasteiger partial charge in [-0.15, -0.1) is 12.4 Å². The van der Waals surface area contributed by atoms with Crippen LogP contribution in [0.2, 0.25) is 0 Å². The van der Waals surface area contributed by atoms with Crippen molar-refractivity contribution in [2.75, 3.05) is 40.4 Å². The highest BCUT2D eigenvalue weighted by molar-refractivity contribution is 7.89. The summed E-state index contributed by atoms with van der Waals surface area (Å²) < 4.78 is 30.7. The number of nitrogens with zero attached hydrogens (tertiary/aromatic N) is 1. The molecule has 2 atom stereocenters. The van der Waals surface area contributed by atoms with E-state index < -0.39 is 15.3 Å². The van der Waals surface area contributed by atoms with Crippen molar-refractivity contribution in [1.82, 2.24) is 9.62 Å². The molecule has 1 heterocycles. The predicted molar refractivity (Wildman–Crippen MR) is 71.1 cm³/mol. The van der Waals surface area contributed by atoms with Crippen molar-refractivity contribution in [3.8, 4) is 0 Å². The second kappa shape index (κ2) is 7.53. The van der Waals surface area contributed by atoms with Gasteiger partial charge in [-0.3, -0.25) is 0 Å². The highest BCUT2D eigenvalue weighted by atomic mass is 35.5. The van der Waals surface area contributed by atoms with Gasteiger partial charge in [-0.1, -0.05) is 0 Å². The lowest BCUT2D eigenvalue weighted by molar-refractivity contribution is 0.198. The van der Waals surface area contributed by atoms with Gasteiger partial charge in [0.05, 0.1) is 11.9 Å². The third kappa shape index (κ3) is 4.37. The summed E-state index contributed by atoms with van der Waals surface area (Å²) >= 11 is 0. The van der Waals surface area contributed by atoms with Gasteiger partial charge in [0.15, 0.2) is 0 Å². The molecule has 0 spiro atoms. The number of rotatable bonds is 6. The summed E-state index contributed by atoms with van der Waals surface area (Å²) in [4.78, 5) is 0. The van der Waals surface area contributed by atoms with Crippen molar-refractivity contribution >= 4 is 22.4 Å². The minimum Gasteiger partial charge on any atom is -0.383 e. The van der Waals surface area contributed by atoms with Crippen LogP contribution in [0.1, 0.15) is 13.3 Å². The van der Waals surface area contributed by atoms with Gasteiger partial charge >= 0.3 is 0 Å². The van der Waals surface area contributed by atoms with Crippen LogP contribution in [0.25, 0.3) is 0 Å². The summed E-state index contributed by atoms with van der Waals surface area (Å²) in [5.74, 6) is 0.439. The minimum absolute atomic E-state index is 0. The molecule has 0 radical (unpaired) electrons. The molecule has 0 aromatic heterocycles. The lowest BCUT2D eigenvalue weighted by atomic mass is 10.1. The van der Waals surface area contributed by atoms with Gasteiger partial charge in [0.25, 0.3) is 0 Å². The Hall–Kier alpha value is 0.120. The number of halogens is 1. The van der Waals surface area contributed by atoms with E-state index in [1.807, 2.05) is 7.05 Å². The number of nitrogens with one attached hydrogen (secondary N) is 1. The smallest absolute Gasteiger partial charge is 0.218 e. The second-order valence-corrected chi connectivity index (χ2v) is 6.73. The lowest BCUT2D eigenvalue weighted by Crippen LogP contribution is -2.38. The Morgan fingerprint density at radius 3 is 2.71 bits per heavy atom. The Kier molecular flexibility index (Phi) is 7.58. The molecule has 2 unspecified atom stereocenters. The van der Waals surface area contributed by atoms with Gasteiger partial charge < -0.3 is 10.1 Å². The van der Waals surface area contributed by atoms with Crippen molar-refractivity contribution in [1.29, 1.82) is 0 Å². The van der Waals surface area contributed by atoms with Crippen LogP contribution < -0.4 is 5.32 Å². The van der Waals surface area contributed by atoms with Crippen LogP contribution in [0.15, 0.2) is 0 Å². The van der Waals surface area contributed by atoms with E-state index in [1.165, 1.54) is 7.11 Å². The highest BCUT2D eigenvalue weighted by Gasteiger charge is 2.34. The van der Waals surface area contributed by atoms with Crippen molar-refractivity contribution < 1.29 is 13.2 Å². The monoisotopic (exact) mass is 286 g/mol. The van der Waals surface area contributed by atoms with E-state index in [-0.39, 0.29) is 19.0 Å². The minimum atomic E-state index is -3.17. The fourth-order valence-corrected chi connectivity index (χ4v) is 3.65. The Morgan fingerprint density at radius 2 is 2.18 bits per heavy atom. The summed E-state index contributed by atoms with van der Waals surface area (Å²) in [6, 6.07) is 0. The molecule has 5 nitrogen and oxygen atoms in total. The van der Waals surface area contributed by atoms with E-state index >= 15 is 0 Å². The second-order valence-electron chi connectivity index (χ2n) is 4.38. The zero-order valence-electron chi connectivity index (χ0n) is 10.7. The number of sulfonamides is 1. The van der Waals surface area contributed by atoms with Crippen LogP contribution in [0, 0.1) is 5.92 Å². The van der Waals surface area contributed by atoms with Gasteiger partial charge in [-0.05, 0) is 32.9 Å². The molecular formula is C10H23ClN2O3S. The molecule has 1 N–H and O–H groups in total. The van der Waals surface area contributed by atoms with Crippen LogP contribution in [-0.4, -0.2) is 58.4 Å². The first-order valence-corrected chi connectivity index (χ1v) is 7.15. The summed E-state index contributed by atoms with van der Waals surface area (Å²) in [5, 5.41) is 2.64. The fourth-order valence-electron chi connectivity index (χ4n) is 2.06. The molecule has 0 bridgehead atoms. The number of methoxy groups -OCH3 is 1.